The first-order valence-corrected chi connectivity index (χ1v) is 8.53. The first-order chi connectivity index (χ1) is 8.29. The van der Waals surface area contributed by atoms with E-state index in [9.17, 15) is 13.2 Å². The van der Waals surface area contributed by atoms with E-state index < -0.39 is 9.84 Å². The number of amides is 1. The molecular weight excluding hydrogens is 252 g/mol. The lowest BCUT2D eigenvalue weighted by Crippen LogP contribution is -2.38. The zero-order valence-corrected chi connectivity index (χ0v) is 12.1. The molecule has 1 aliphatic rings. The summed E-state index contributed by atoms with van der Waals surface area (Å²) >= 11 is 0. The van der Waals surface area contributed by atoms with Gasteiger partial charge in [-0.15, -0.1) is 0 Å². The van der Waals surface area contributed by atoms with Gasteiger partial charge in [-0.1, -0.05) is 12.8 Å². The maximum atomic E-state index is 11.9. The lowest BCUT2D eigenvalue weighted by Gasteiger charge is -2.29. The molecule has 2 unspecified atom stereocenters. The highest BCUT2D eigenvalue weighted by atomic mass is 32.2. The number of rotatable bonds is 5. The van der Waals surface area contributed by atoms with Crippen molar-refractivity contribution in [3.8, 4) is 0 Å². The summed E-state index contributed by atoms with van der Waals surface area (Å²) < 4.78 is 22.1. The van der Waals surface area contributed by atoms with E-state index in [1.165, 1.54) is 11.2 Å². The van der Waals surface area contributed by atoms with Gasteiger partial charge in [0, 0.05) is 32.3 Å². The van der Waals surface area contributed by atoms with Crippen LogP contribution in [0.4, 0.5) is 0 Å². The van der Waals surface area contributed by atoms with Gasteiger partial charge in [-0.3, -0.25) is 4.79 Å². The molecule has 2 N–H and O–H groups in total. The minimum atomic E-state index is -3.02. The maximum absolute atomic E-state index is 11.9. The predicted octanol–water partition coefficient (Wildman–Crippen LogP) is 0.397. The summed E-state index contributed by atoms with van der Waals surface area (Å²) in [5, 5.41) is 0. The van der Waals surface area contributed by atoms with Crippen molar-refractivity contribution >= 4 is 15.7 Å². The second kappa shape index (κ2) is 6.52. The number of carbonyl (C=O) groups excluding carboxylic acids is 1. The summed E-state index contributed by atoms with van der Waals surface area (Å²) in [7, 11) is -1.36. The zero-order valence-electron chi connectivity index (χ0n) is 11.3. The van der Waals surface area contributed by atoms with Crippen LogP contribution in [-0.4, -0.2) is 50.9 Å². The molecule has 6 heteroatoms. The number of hydrogen-bond acceptors (Lipinski definition) is 4. The molecule has 18 heavy (non-hydrogen) atoms. The first-order valence-electron chi connectivity index (χ1n) is 6.47. The van der Waals surface area contributed by atoms with E-state index in [1.54, 1.807) is 7.05 Å². The van der Waals surface area contributed by atoms with Crippen LogP contribution in [0, 0.1) is 5.92 Å². The molecule has 5 nitrogen and oxygen atoms in total. The predicted molar refractivity (Wildman–Crippen MR) is 71.9 cm³/mol. The molecule has 1 saturated carbocycles. The normalized spacial score (nSPS) is 24.8. The Morgan fingerprint density at radius 2 is 1.94 bits per heavy atom. The monoisotopic (exact) mass is 276 g/mol. The molecule has 0 saturated heterocycles. The second-order valence-corrected chi connectivity index (χ2v) is 7.62. The zero-order chi connectivity index (χ0) is 13.8. The topological polar surface area (TPSA) is 80.5 Å². The van der Waals surface area contributed by atoms with Crippen molar-refractivity contribution in [1.82, 2.24) is 4.90 Å². The van der Waals surface area contributed by atoms with E-state index in [-0.39, 0.29) is 30.2 Å². The Kier molecular flexibility index (Phi) is 5.59. The lowest BCUT2D eigenvalue weighted by molar-refractivity contribution is -0.131. The fraction of sp³-hybridized carbons (Fsp3) is 0.917. The average molecular weight is 276 g/mol. The lowest BCUT2D eigenvalue weighted by atomic mass is 9.83. The largest absolute Gasteiger partial charge is 0.345 e. The van der Waals surface area contributed by atoms with Crippen LogP contribution in [0.1, 0.15) is 32.1 Å². The number of nitrogens with two attached hydrogens (primary N) is 1. The van der Waals surface area contributed by atoms with E-state index in [0.717, 1.165) is 25.7 Å². The van der Waals surface area contributed by atoms with Gasteiger partial charge in [0.2, 0.25) is 5.91 Å². The number of sulfone groups is 1. The van der Waals surface area contributed by atoms with Gasteiger partial charge < -0.3 is 10.6 Å². The van der Waals surface area contributed by atoms with Crippen LogP contribution in [0.5, 0.6) is 0 Å². The Balaban J connectivity index is 2.39. The maximum Gasteiger partial charge on any atom is 0.222 e. The average Bonchev–Trinajstić information content (AvgIpc) is 2.28. The van der Waals surface area contributed by atoms with Crippen molar-refractivity contribution in [2.75, 3.05) is 25.6 Å². The SMILES string of the molecule is CN(CCS(C)(=O)=O)C(=O)CC1CCCCC1N. The summed E-state index contributed by atoms with van der Waals surface area (Å²) in [6, 6.07) is 0.117. The van der Waals surface area contributed by atoms with Crippen LogP contribution < -0.4 is 5.73 Å². The summed E-state index contributed by atoms with van der Waals surface area (Å²) in [6.45, 7) is 0.264. The van der Waals surface area contributed by atoms with Crippen molar-refractivity contribution < 1.29 is 13.2 Å². The van der Waals surface area contributed by atoms with Crippen molar-refractivity contribution in [3.05, 3.63) is 0 Å². The molecule has 106 valence electrons. The molecule has 0 spiro atoms. The van der Waals surface area contributed by atoms with Gasteiger partial charge in [0.25, 0.3) is 0 Å². The molecule has 0 aromatic heterocycles. The van der Waals surface area contributed by atoms with Crippen molar-refractivity contribution in [2.24, 2.45) is 11.7 Å². The molecule has 1 fully saturated rings. The quantitative estimate of drug-likeness (QED) is 0.788. The first kappa shape index (κ1) is 15.4. The summed E-state index contributed by atoms with van der Waals surface area (Å²) in [5.41, 5.74) is 6.00. The second-order valence-electron chi connectivity index (χ2n) is 5.36. The van der Waals surface area contributed by atoms with E-state index in [2.05, 4.69) is 0 Å². The standard InChI is InChI=1S/C12H24N2O3S/c1-14(7-8-18(2,16)17)12(15)9-10-5-3-4-6-11(10)13/h10-11H,3-9,13H2,1-2H3. The van der Waals surface area contributed by atoms with Gasteiger partial charge in [-0.05, 0) is 18.8 Å². The van der Waals surface area contributed by atoms with Crippen LogP contribution in [0.2, 0.25) is 0 Å². The Morgan fingerprint density at radius 3 is 2.50 bits per heavy atom. The van der Waals surface area contributed by atoms with E-state index in [4.69, 9.17) is 5.73 Å². The van der Waals surface area contributed by atoms with Gasteiger partial charge in [-0.25, -0.2) is 8.42 Å². The molecule has 0 aromatic rings. The summed E-state index contributed by atoms with van der Waals surface area (Å²) in [5.74, 6) is 0.277. The highest BCUT2D eigenvalue weighted by Crippen LogP contribution is 2.26. The van der Waals surface area contributed by atoms with Crippen LogP contribution in [-0.2, 0) is 14.6 Å². The van der Waals surface area contributed by atoms with Gasteiger partial charge in [0.05, 0.1) is 5.75 Å². The van der Waals surface area contributed by atoms with Crippen molar-refractivity contribution in [3.63, 3.8) is 0 Å². The number of carbonyl (C=O) groups is 1. The molecule has 0 aromatic carbocycles. The van der Waals surface area contributed by atoms with Crippen molar-refractivity contribution in [1.29, 1.82) is 0 Å². The third-order valence-electron chi connectivity index (χ3n) is 3.63. The molecule has 0 aliphatic heterocycles. The Bertz CT molecular complexity index is 381. The molecule has 0 radical (unpaired) electrons. The molecule has 2 atom stereocenters. The Morgan fingerprint density at radius 1 is 1.33 bits per heavy atom. The Hall–Kier alpha value is -0.620. The third-order valence-corrected chi connectivity index (χ3v) is 4.55. The minimum Gasteiger partial charge on any atom is -0.345 e. The summed E-state index contributed by atoms with van der Waals surface area (Å²) in [4.78, 5) is 13.5. The smallest absolute Gasteiger partial charge is 0.222 e. The van der Waals surface area contributed by atoms with Crippen molar-refractivity contribution in [2.45, 2.75) is 38.1 Å². The highest BCUT2D eigenvalue weighted by molar-refractivity contribution is 7.90. The van der Waals surface area contributed by atoms with Gasteiger partial charge in [0.1, 0.15) is 9.84 Å². The van der Waals surface area contributed by atoms with E-state index in [0.29, 0.717) is 6.42 Å². The number of hydrogen-bond donors (Lipinski definition) is 1. The van der Waals surface area contributed by atoms with Gasteiger partial charge in [0.15, 0.2) is 0 Å². The summed E-state index contributed by atoms with van der Waals surface area (Å²) in [6.07, 6.45) is 5.91. The Labute approximate surface area is 110 Å². The van der Waals surface area contributed by atoms with Crippen LogP contribution in [0.25, 0.3) is 0 Å². The minimum absolute atomic E-state index is 0.000926. The highest BCUT2D eigenvalue weighted by Gasteiger charge is 2.25. The van der Waals surface area contributed by atoms with Crippen LogP contribution >= 0.6 is 0 Å². The molecule has 1 amide bonds. The molecule has 0 heterocycles. The van der Waals surface area contributed by atoms with Gasteiger partial charge in [-0.2, -0.15) is 0 Å². The molecular formula is C12H24N2O3S. The van der Waals surface area contributed by atoms with Crippen LogP contribution in [0.15, 0.2) is 0 Å². The van der Waals surface area contributed by atoms with E-state index >= 15 is 0 Å². The number of nitrogens with zero attached hydrogens (tertiary/aromatic N) is 1. The van der Waals surface area contributed by atoms with Crippen LogP contribution in [0.3, 0.4) is 0 Å². The molecule has 0 bridgehead atoms. The third kappa shape index (κ3) is 5.35. The molecule has 1 aliphatic carbocycles. The van der Waals surface area contributed by atoms with E-state index in [1.807, 2.05) is 0 Å². The fourth-order valence-electron chi connectivity index (χ4n) is 2.30. The fourth-order valence-corrected chi connectivity index (χ4v) is 2.90. The molecule has 1 rings (SSSR count). The van der Waals surface area contributed by atoms with Gasteiger partial charge >= 0.3 is 0 Å².